The van der Waals surface area contributed by atoms with Gasteiger partial charge in [-0.15, -0.1) is 0 Å². The Morgan fingerprint density at radius 2 is 1.13 bits per heavy atom. The number of imidazole rings is 2. The molecule has 6 aromatic heterocycles. The first-order valence-electron chi connectivity index (χ1n) is 19.0. The van der Waals surface area contributed by atoms with Gasteiger partial charge in [-0.3, -0.25) is 18.7 Å². The monoisotopic (exact) mass is 831 g/mol. The summed E-state index contributed by atoms with van der Waals surface area (Å²) in [6.07, 6.45) is 6.40. The number of nitrogens with one attached hydrogen (secondary N) is 4. The average Bonchev–Trinajstić information content (AvgIpc) is 3.96. The Morgan fingerprint density at radius 1 is 0.583 bits per heavy atom. The minimum atomic E-state index is -0.248. The van der Waals surface area contributed by atoms with E-state index in [9.17, 15) is 9.59 Å². The van der Waals surface area contributed by atoms with Crippen molar-refractivity contribution in [2.75, 3.05) is 10.6 Å². The molecule has 60 heavy (non-hydrogen) atoms. The van der Waals surface area contributed by atoms with Crippen molar-refractivity contribution in [1.29, 1.82) is 0 Å². The van der Waals surface area contributed by atoms with Crippen LogP contribution in [0.15, 0.2) is 150 Å². The maximum atomic E-state index is 13.5. The van der Waals surface area contributed by atoms with E-state index in [1.54, 1.807) is 40.1 Å². The Balaban J connectivity index is 0.000000154. The predicted octanol–water partition coefficient (Wildman–Crippen LogP) is 9.57. The van der Waals surface area contributed by atoms with E-state index >= 15 is 0 Å². The number of benzene rings is 4. The Labute approximate surface area is 351 Å². The van der Waals surface area contributed by atoms with Gasteiger partial charge in [-0.1, -0.05) is 83.9 Å². The highest BCUT2D eigenvalue weighted by Crippen LogP contribution is 2.30. The van der Waals surface area contributed by atoms with Crippen LogP contribution in [0.25, 0.3) is 55.1 Å². The second kappa shape index (κ2) is 16.1. The molecule has 10 aromatic rings. The summed E-state index contributed by atoms with van der Waals surface area (Å²) in [4.78, 5) is 54.6. The molecule has 0 spiro atoms. The zero-order chi connectivity index (χ0) is 41.3. The standard InChI is InChI=1S/C23H18ClN5O.C22H17ClN6O/c1-14(28-22-21-18(10-11-25-22)26-13-27-21)19-12-15-6-5-9-17(24)20(15)23(30)29(19)16-7-3-2-4-8-16;1-13(28-21-19-20(25-11-24-19)26-12-27-21)17-10-14-6-5-9-16(23)18(14)22(30)29(17)15-7-3-2-4-8-15/h2-14H,1H3,(H,25,28)(H,26,27);2-13H,1H3,(H2,24,25,26,27,28)/t14-;13-/m00/s1. The molecule has 0 fully saturated rings. The third-order valence-electron chi connectivity index (χ3n) is 10.2. The van der Waals surface area contributed by atoms with Crippen LogP contribution >= 0.6 is 23.2 Å². The Morgan fingerprint density at radius 3 is 1.72 bits per heavy atom. The zero-order valence-electron chi connectivity index (χ0n) is 32.1. The van der Waals surface area contributed by atoms with Crippen LogP contribution in [0.2, 0.25) is 10.0 Å². The molecule has 0 aliphatic carbocycles. The molecular formula is C45H35Cl2N11O2. The van der Waals surface area contributed by atoms with Crippen LogP contribution in [0, 0.1) is 0 Å². The van der Waals surface area contributed by atoms with Gasteiger partial charge in [0, 0.05) is 29.0 Å². The van der Waals surface area contributed by atoms with Crippen LogP contribution in [0.4, 0.5) is 11.6 Å². The van der Waals surface area contributed by atoms with E-state index in [1.165, 1.54) is 6.33 Å². The highest BCUT2D eigenvalue weighted by molar-refractivity contribution is 6.35. The molecule has 0 radical (unpaired) electrons. The highest BCUT2D eigenvalue weighted by Gasteiger charge is 2.21. The normalized spacial score (nSPS) is 12.3. The molecule has 0 amide bonds. The summed E-state index contributed by atoms with van der Waals surface area (Å²) in [5, 5.41) is 10.3. The number of halogens is 2. The van der Waals surface area contributed by atoms with Gasteiger partial charge in [-0.05, 0) is 79.2 Å². The molecule has 0 saturated carbocycles. The minimum Gasteiger partial charge on any atom is -0.360 e. The van der Waals surface area contributed by atoms with E-state index in [4.69, 9.17) is 23.2 Å². The predicted molar refractivity (Wildman–Crippen MR) is 239 cm³/mol. The average molecular weight is 833 g/mol. The smallest absolute Gasteiger partial charge is 0.264 e. The molecule has 4 N–H and O–H groups in total. The minimum absolute atomic E-state index is 0.154. The van der Waals surface area contributed by atoms with Crippen molar-refractivity contribution in [1.82, 2.24) is 44.0 Å². The van der Waals surface area contributed by atoms with Gasteiger partial charge >= 0.3 is 0 Å². The maximum Gasteiger partial charge on any atom is 0.264 e. The quantitative estimate of drug-likeness (QED) is 0.117. The molecule has 0 unspecified atom stereocenters. The largest absolute Gasteiger partial charge is 0.360 e. The van der Waals surface area contributed by atoms with Gasteiger partial charge in [-0.25, -0.2) is 24.9 Å². The van der Waals surface area contributed by atoms with E-state index in [0.717, 1.165) is 44.6 Å². The summed E-state index contributed by atoms with van der Waals surface area (Å²) < 4.78 is 3.40. The molecule has 2 atom stereocenters. The molecule has 10 rings (SSSR count). The van der Waals surface area contributed by atoms with Gasteiger partial charge in [0.05, 0.1) is 51.1 Å². The summed E-state index contributed by atoms with van der Waals surface area (Å²) in [5.41, 5.74) is 5.74. The Kier molecular flexibility index (Phi) is 10.3. The van der Waals surface area contributed by atoms with Gasteiger partial charge in [0.15, 0.2) is 17.3 Å². The lowest BCUT2D eigenvalue weighted by Crippen LogP contribution is -2.25. The van der Waals surface area contributed by atoms with E-state index in [1.807, 2.05) is 117 Å². The van der Waals surface area contributed by atoms with Gasteiger partial charge < -0.3 is 20.6 Å². The molecule has 0 bridgehead atoms. The first kappa shape index (κ1) is 38.2. The molecule has 0 aliphatic heterocycles. The van der Waals surface area contributed by atoms with Gasteiger partial charge in [0.1, 0.15) is 17.4 Å². The van der Waals surface area contributed by atoms with Crippen LogP contribution in [0.5, 0.6) is 0 Å². The highest BCUT2D eigenvalue weighted by atomic mass is 35.5. The van der Waals surface area contributed by atoms with E-state index in [-0.39, 0.29) is 23.2 Å². The van der Waals surface area contributed by atoms with E-state index in [2.05, 4.69) is 45.5 Å². The topological polar surface area (TPSA) is 164 Å². The number of para-hydroxylation sites is 2. The second-order valence-corrected chi connectivity index (χ2v) is 14.8. The lowest BCUT2D eigenvalue weighted by molar-refractivity contribution is 0.774. The molecular weight excluding hydrogens is 797 g/mol. The molecule has 0 aliphatic rings. The van der Waals surface area contributed by atoms with Crippen molar-refractivity contribution in [2.24, 2.45) is 0 Å². The fourth-order valence-electron chi connectivity index (χ4n) is 7.41. The number of nitrogens with zero attached hydrogens (tertiary/aromatic N) is 7. The molecule has 296 valence electrons. The second-order valence-electron chi connectivity index (χ2n) is 14.0. The lowest BCUT2D eigenvalue weighted by atomic mass is 10.1. The summed E-state index contributed by atoms with van der Waals surface area (Å²) in [6, 6.07) is 35.4. The summed E-state index contributed by atoms with van der Waals surface area (Å²) >= 11 is 12.8. The molecule has 4 aromatic carbocycles. The number of rotatable bonds is 8. The van der Waals surface area contributed by atoms with Crippen LogP contribution in [-0.4, -0.2) is 44.0 Å². The first-order valence-corrected chi connectivity index (χ1v) is 19.8. The van der Waals surface area contributed by atoms with Gasteiger partial charge in [-0.2, -0.15) is 0 Å². The van der Waals surface area contributed by atoms with Crippen molar-refractivity contribution >= 4 is 78.6 Å². The Hall–Kier alpha value is -7.35. The fourth-order valence-corrected chi connectivity index (χ4v) is 7.93. The fraction of sp³-hybridized carbons (Fsp3) is 0.0889. The number of aromatic nitrogens is 9. The van der Waals surface area contributed by atoms with Crippen molar-refractivity contribution in [3.63, 3.8) is 0 Å². The molecule has 0 saturated heterocycles. The number of fused-ring (bicyclic) bond motifs is 4. The van der Waals surface area contributed by atoms with Crippen molar-refractivity contribution in [3.05, 3.63) is 183 Å². The zero-order valence-corrected chi connectivity index (χ0v) is 33.6. The number of H-pyrrole nitrogens is 2. The molecule has 13 nitrogen and oxygen atoms in total. The number of anilines is 2. The number of pyridine rings is 3. The van der Waals surface area contributed by atoms with Crippen molar-refractivity contribution in [2.45, 2.75) is 25.9 Å². The van der Waals surface area contributed by atoms with Crippen LogP contribution in [-0.2, 0) is 0 Å². The van der Waals surface area contributed by atoms with Crippen molar-refractivity contribution in [3.8, 4) is 11.4 Å². The summed E-state index contributed by atoms with van der Waals surface area (Å²) in [7, 11) is 0. The van der Waals surface area contributed by atoms with Gasteiger partial charge in [0.2, 0.25) is 0 Å². The maximum absolute atomic E-state index is 13.5. The summed E-state index contributed by atoms with van der Waals surface area (Å²) in [5.74, 6) is 1.27. The number of hydrogen-bond donors (Lipinski definition) is 4. The van der Waals surface area contributed by atoms with E-state index < -0.39 is 0 Å². The van der Waals surface area contributed by atoms with Gasteiger partial charge in [0.25, 0.3) is 11.1 Å². The van der Waals surface area contributed by atoms with E-state index in [0.29, 0.717) is 43.6 Å². The molecule has 15 heteroatoms. The van der Waals surface area contributed by atoms with Crippen molar-refractivity contribution < 1.29 is 0 Å². The lowest BCUT2D eigenvalue weighted by Gasteiger charge is -2.21. The third kappa shape index (κ3) is 7.10. The Bertz CT molecular complexity index is 3070. The first-order chi connectivity index (χ1) is 29.3. The number of hydrogen-bond acceptors (Lipinski definition) is 9. The van der Waals surface area contributed by atoms with Crippen LogP contribution in [0.3, 0.4) is 0 Å². The SMILES string of the molecule is C[C@H](Nc1nccc2[nH]cnc12)c1cc2cccc(Cl)c2c(=O)n1-c1ccccc1.C[C@H](Nc1ncnc2nc[nH]c12)c1cc2cccc(Cl)c2c(=O)n1-c1ccccc1. The van der Waals surface area contributed by atoms with Crippen LogP contribution < -0.4 is 21.8 Å². The molecule has 6 heterocycles. The third-order valence-corrected chi connectivity index (χ3v) is 10.9. The summed E-state index contributed by atoms with van der Waals surface area (Å²) in [6.45, 7) is 3.98. The van der Waals surface area contributed by atoms with Crippen LogP contribution in [0.1, 0.15) is 37.3 Å². The number of aromatic amines is 2.